The molecule has 0 heterocycles. The molecule has 0 atom stereocenters. The van der Waals surface area contributed by atoms with E-state index < -0.39 is 0 Å². The Morgan fingerprint density at radius 1 is 1.17 bits per heavy atom. The van der Waals surface area contributed by atoms with Gasteiger partial charge in [0.05, 0.1) is 5.02 Å². The van der Waals surface area contributed by atoms with Crippen LogP contribution in [0.3, 0.4) is 0 Å². The molecule has 128 valence electrons. The van der Waals surface area contributed by atoms with Crippen LogP contribution in [0.5, 0.6) is 5.75 Å². The van der Waals surface area contributed by atoms with Gasteiger partial charge < -0.3 is 9.64 Å². The molecular weight excluding hydrogens is 390 g/mol. The first kappa shape index (κ1) is 18.8. The lowest BCUT2D eigenvalue weighted by Crippen LogP contribution is -2.31. The number of carbonyl (C=O) groups is 1. The van der Waals surface area contributed by atoms with Gasteiger partial charge in [-0.25, -0.2) is 0 Å². The second-order valence-corrected chi connectivity index (χ2v) is 7.32. The van der Waals surface area contributed by atoms with E-state index in [0.29, 0.717) is 17.3 Å². The van der Waals surface area contributed by atoms with Crippen LogP contribution in [0.2, 0.25) is 5.02 Å². The van der Waals surface area contributed by atoms with E-state index in [9.17, 15) is 4.79 Å². The summed E-state index contributed by atoms with van der Waals surface area (Å²) >= 11 is 9.57. The van der Waals surface area contributed by atoms with E-state index in [0.717, 1.165) is 15.6 Å². The molecule has 0 aliphatic heterocycles. The fourth-order valence-electron chi connectivity index (χ4n) is 2.48. The van der Waals surface area contributed by atoms with E-state index >= 15 is 0 Å². The van der Waals surface area contributed by atoms with Crippen LogP contribution < -0.4 is 4.74 Å². The molecule has 2 aromatic carbocycles. The van der Waals surface area contributed by atoms with Crippen LogP contribution in [-0.4, -0.2) is 24.5 Å². The lowest BCUT2D eigenvalue weighted by atomic mass is 10.1. The van der Waals surface area contributed by atoms with Gasteiger partial charge in [-0.05, 0) is 49.6 Å². The van der Waals surface area contributed by atoms with Crippen LogP contribution in [0.15, 0.2) is 34.8 Å². The van der Waals surface area contributed by atoms with Crippen molar-refractivity contribution in [3.05, 3.63) is 62.1 Å². The number of hydrogen-bond donors (Lipinski definition) is 0. The van der Waals surface area contributed by atoms with Crippen molar-refractivity contribution in [2.75, 3.05) is 13.7 Å². The lowest BCUT2D eigenvalue weighted by molar-refractivity contribution is -0.132. The second kappa shape index (κ2) is 8.04. The van der Waals surface area contributed by atoms with Gasteiger partial charge in [0.15, 0.2) is 6.61 Å². The maximum Gasteiger partial charge on any atom is 0.260 e. The quantitative estimate of drug-likeness (QED) is 0.689. The van der Waals surface area contributed by atoms with E-state index in [1.807, 2.05) is 13.0 Å². The summed E-state index contributed by atoms with van der Waals surface area (Å²) in [5, 5.41) is 0.492. The summed E-state index contributed by atoms with van der Waals surface area (Å²) in [6.07, 6.45) is 0. The second-order valence-electron chi connectivity index (χ2n) is 6.00. The number of nitrogens with zero attached hydrogens (tertiary/aromatic N) is 1. The molecule has 1 amide bonds. The molecule has 5 heteroatoms. The van der Waals surface area contributed by atoms with Gasteiger partial charge in [0.1, 0.15) is 5.75 Å². The van der Waals surface area contributed by atoms with Crippen molar-refractivity contribution in [1.29, 1.82) is 0 Å². The van der Waals surface area contributed by atoms with Gasteiger partial charge in [0, 0.05) is 18.1 Å². The zero-order valence-corrected chi connectivity index (χ0v) is 16.7. The number of aryl methyl sites for hydroxylation is 3. The monoisotopic (exact) mass is 409 g/mol. The third-order valence-corrected chi connectivity index (χ3v) is 4.60. The Bertz CT molecular complexity index is 738. The number of halogens is 2. The Morgan fingerprint density at radius 3 is 2.50 bits per heavy atom. The Balaban J connectivity index is 1.99. The van der Waals surface area contributed by atoms with Crippen LogP contribution in [-0.2, 0) is 11.3 Å². The minimum absolute atomic E-state index is 0.0381. The van der Waals surface area contributed by atoms with Gasteiger partial charge in [-0.1, -0.05) is 51.3 Å². The van der Waals surface area contributed by atoms with Crippen LogP contribution in [0.1, 0.15) is 22.3 Å². The first-order chi connectivity index (χ1) is 11.3. The molecule has 0 aliphatic rings. The average molecular weight is 411 g/mol. The molecule has 2 rings (SSSR count). The topological polar surface area (TPSA) is 29.5 Å². The highest BCUT2D eigenvalue weighted by Gasteiger charge is 2.14. The predicted octanol–water partition coefficient (Wildman–Crippen LogP) is 5.07. The van der Waals surface area contributed by atoms with Crippen LogP contribution >= 0.6 is 27.5 Å². The van der Waals surface area contributed by atoms with Crippen molar-refractivity contribution >= 4 is 33.4 Å². The van der Waals surface area contributed by atoms with Gasteiger partial charge in [0.2, 0.25) is 0 Å². The van der Waals surface area contributed by atoms with E-state index in [1.54, 1.807) is 18.0 Å². The summed E-state index contributed by atoms with van der Waals surface area (Å²) < 4.78 is 6.53. The first-order valence-electron chi connectivity index (χ1n) is 7.66. The molecule has 2 aromatic rings. The lowest BCUT2D eigenvalue weighted by Gasteiger charge is -2.20. The third-order valence-electron chi connectivity index (χ3n) is 3.87. The largest absolute Gasteiger partial charge is 0.482 e. The number of rotatable bonds is 5. The molecular formula is C19H21BrClNO2. The number of likely N-dealkylation sites (N-methyl/N-ethyl adjacent to an activating group) is 1. The standard InChI is InChI=1S/C19H21BrClNO2/c1-12-5-6-15(13(2)7-12)10-22(4)18(23)11-24-19-14(3)8-16(20)9-17(19)21/h5-9H,10-11H2,1-4H3. The van der Waals surface area contributed by atoms with Gasteiger partial charge in [-0.2, -0.15) is 0 Å². The molecule has 0 saturated carbocycles. The van der Waals surface area contributed by atoms with Crippen LogP contribution in [0.25, 0.3) is 0 Å². The average Bonchev–Trinajstić information content (AvgIpc) is 2.48. The number of ether oxygens (including phenoxy) is 1. The fourth-order valence-corrected chi connectivity index (χ4v) is 3.51. The number of carbonyl (C=O) groups excluding carboxylic acids is 1. The van der Waals surface area contributed by atoms with Gasteiger partial charge in [-0.15, -0.1) is 0 Å². The Kier molecular flexibility index (Phi) is 6.30. The minimum atomic E-state index is -0.0895. The molecule has 0 saturated heterocycles. The third kappa shape index (κ3) is 4.74. The SMILES string of the molecule is Cc1ccc(CN(C)C(=O)COc2c(C)cc(Br)cc2Cl)c(C)c1. The number of amides is 1. The van der Waals surface area contributed by atoms with Gasteiger partial charge in [-0.3, -0.25) is 4.79 Å². The first-order valence-corrected chi connectivity index (χ1v) is 8.83. The van der Waals surface area contributed by atoms with Crippen molar-refractivity contribution in [3.8, 4) is 5.75 Å². The molecule has 24 heavy (non-hydrogen) atoms. The molecule has 0 bridgehead atoms. The highest BCUT2D eigenvalue weighted by Crippen LogP contribution is 2.32. The van der Waals surface area contributed by atoms with Crippen LogP contribution in [0, 0.1) is 20.8 Å². The van der Waals surface area contributed by atoms with E-state index in [1.165, 1.54) is 11.1 Å². The summed E-state index contributed by atoms with van der Waals surface area (Å²) in [5.41, 5.74) is 4.42. The summed E-state index contributed by atoms with van der Waals surface area (Å²) in [6, 6.07) is 9.90. The van der Waals surface area contributed by atoms with E-state index in [2.05, 4.69) is 48.0 Å². The van der Waals surface area contributed by atoms with E-state index in [-0.39, 0.29) is 12.5 Å². The minimum Gasteiger partial charge on any atom is -0.482 e. The molecule has 0 spiro atoms. The van der Waals surface area contributed by atoms with Crippen molar-refractivity contribution in [1.82, 2.24) is 4.90 Å². The summed E-state index contributed by atoms with van der Waals surface area (Å²) in [4.78, 5) is 14.0. The summed E-state index contributed by atoms with van der Waals surface area (Å²) in [5.74, 6) is 0.460. The predicted molar refractivity (Wildman–Crippen MR) is 102 cm³/mol. The zero-order chi connectivity index (χ0) is 17.9. The summed E-state index contributed by atoms with van der Waals surface area (Å²) in [7, 11) is 1.78. The fraction of sp³-hybridized carbons (Fsp3) is 0.316. The maximum absolute atomic E-state index is 12.3. The number of benzene rings is 2. The smallest absolute Gasteiger partial charge is 0.260 e. The normalized spacial score (nSPS) is 10.6. The Morgan fingerprint density at radius 2 is 1.88 bits per heavy atom. The highest BCUT2D eigenvalue weighted by atomic mass is 79.9. The van der Waals surface area contributed by atoms with Crippen molar-refractivity contribution in [3.63, 3.8) is 0 Å². The Labute approximate surface area is 156 Å². The number of hydrogen-bond acceptors (Lipinski definition) is 2. The summed E-state index contributed by atoms with van der Waals surface area (Å²) in [6.45, 7) is 6.53. The molecule has 0 fully saturated rings. The van der Waals surface area contributed by atoms with Crippen LogP contribution in [0.4, 0.5) is 0 Å². The zero-order valence-electron chi connectivity index (χ0n) is 14.3. The van der Waals surface area contributed by atoms with E-state index in [4.69, 9.17) is 16.3 Å². The highest BCUT2D eigenvalue weighted by molar-refractivity contribution is 9.10. The van der Waals surface area contributed by atoms with Crippen molar-refractivity contribution in [2.45, 2.75) is 27.3 Å². The molecule has 0 aromatic heterocycles. The molecule has 0 N–H and O–H groups in total. The van der Waals surface area contributed by atoms with Gasteiger partial charge >= 0.3 is 0 Å². The maximum atomic E-state index is 12.3. The molecule has 0 aliphatic carbocycles. The molecule has 0 unspecified atom stereocenters. The molecule has 0 radical (unpaired) electrons. The van der Waals surface area contributed by atoms with Crippen molar-refractivity contribution in [2.24, 2.45) is 0 Å². The van der Waals surface area contributed by atoms with Crippen molar-refractivity contribution < 1.29 is 9.53 Å². The molecule has 3 nitrogen and oxygen atoms in total. The Hall–Kier alpha value is -1.52. The van der Waals surface area contributed by atoms with Gasteiger partial charge in [0.25, 0.3) is 5.91 Å².